The highest BCUT2D eigenvalue weighted by Gasteiger charge is 2.37. The van der Waals surface area contributed by atoms with Crippen LogP contribution in [0.2, 0.25) is 0 Å². The molecule has 0 saturated carbocycles. The molecular weight excluding hydrogens is 456 g/mol. The van der Waals surface area contributed by atoms with Gasteiger partial charge in [0.1, 0.15) is 25.2 Å². The van der Waals surface area contributed by atoms with Gasteiger partial charge in [-0.05, 0) is 47.7 Å². The minimum absolute atomic E-state index is 0.209. The Kier molecular flexibility index (Phi) is 8.86. The van der Waals surface area contributed by atoms with Gasteiger partial charge in [0.15, 0.2) is 0 Å². The van der Waals surface area contributed by atoms with Crippen molar-refractivity contribution in [1.29, 1.82) is 0 Å². The molecule has 1 aliphatic rings. The first kappa shape index (κ1) is 24.7. The second kappa shape index (κ2) is 12.9. The number of aryl methyl sites for hydroxylation is 1. The number of rotatable bonds is 8. The van der Waals surface area contributed by atoms with Gasteiger partial charge in [0, 0.05) is 6.42 Å². The summed E-state index contributed by atoms with van der Waals surface area (Å²) in [6, 6.07) is 29.0. The van der Waals surface area contributed by atoms with Crippen LogP contribution in [0.4, 0.5) is 4.79 Å². The number of hydrogen-bond acceptors (Lipinski definition) is 6. The third kappa shape index (κ3) is 7.30. The molecule has 1 fully saturated rings. The molecule has 4 aromatic rings. The van der Waals surface area contributed by atoms with Crippen molar-refractivity contribution in [1.82, 2.24) is 10.1 Å². The van der Waals surface area contributed by atoms with E-state index in [4.69, 9.17) is 9.47 Å². The molecule has 2 heterocycles. The van der Waals surface area contributed by atoms with Crippen LogP contribution < -0.4 is 4.74 Å². The zero-order chi connectivity index (χ0) is 25.0. The number of imide groups is 1. The fourth-order valence-corrected chi connectivity index (χ4v) is 3.88. The van der Waals surface area contributed by atoms with Crippen molar-refractivity contribution in [3.63, 3.8) is 0 Å². The van der Waals surface area contributed by atoms with Crippen LogP contribution in [0.25, 0.3) is 0 Å². The van der Waals surface area contributed by atoms with Crippen molar-refractivity contribution in [2.75, 3.05) is 6.61 Å². The summed E-state index contributed by atoms with van der Waals surface area (Å²) in [6.07, 6.45) is 3.92. The van der Waals surface area contributed by atoms with E-state index in [2.05, 4.69) is 9.68 Å². The summed E-state index contributed by atoms with van der Waals surface area (Å²) in [5.74, 6) is 0.551. The molecule has 1 atom stereocenters. The second-order valence-corrected chi connectivity index (χ2v) is 8.29. The largest absolute Gasteiger partial charge is 0.489 e. The molecule has 7 nitrogen and oxygen atoms in total. The first-order chi connectivity index (χ1) is 17.7. The predicted molar refractivity (Wildman–Crippen MR) is 134 cm³/mol. The van der Waals surface area contributed by atoms with E-state index in [1.54, 1.807) is 12.3 Å². The third-order valence-electron chi connectivity index (χ3n) is 5.67. The SMILES string of the molecule is O=C(CCc1cccc(OCc2ccccc2)c1)N1C(=O)OCC1Cc1ccccc1.c1cnoc1. The summed E-state index contributed by atoms with van der Waals surface area (Å²) in [7, 11) is 0. The fraction of sp³-hybridized carbons (Fsp3) is 0.207. The molecular formula is C29H28N2O5. The lowest BCUT2D eigenvalue weighted by molar-refractivity contribution is -0.129. The third-order valence-corrected chi connectivity index (χ3v) is 5.67. The predicted octanol–water partition coefficient (Wildman–Crippen LogP) is 5.46. The molecule has 0 N–H and O–H groups in total. The van der Waals surface area contributed by atoms with Crippen molar-refractivity contribution < 1.29 is 23.6 Å². The molecule has 2 amide bonds. The standard InChI is InChI=1S/C26H25NO4.C3H3NO/c28-25(27-23(19-31-26(27)29)16-20-8-3-1-4-9-20)15-14-21-12-7-13-24(17-21)30-18-22-10-5-2-6-11-22;1-2-4-5-3-1/h1-13,17,23H,14-16,18-19H2;1-3H. The first-order valence-electron chi connectivity index (χ1n) is 11.8. The van der Waals surface area contributed by atoms with Gasteiger partial charge in [0.05, 0.1) is 12.2 Å². The van der Waals surface area contributed by atoms with Crippen LogP contribution in [0.1, 0.15) is 23.1 Å². The van der Waals surface area contributed by atoms with Crippen LogP contribution >= 0.6 is 0 Å². The van der Waals surface area contributed by atoms with E-state index in [0.717, 1.165) is 22.4 Å². The Morgan fingerprint density at radius 3 is 2.31 bits per heavy atom. The number of hydrogen-bond donors (Lipinski definition) is 0. The van der Waals surface area contributed by atoms with Gasteiger partial charge in [-0.3, -0.25) is 4.79 Å². The van der Waals surface area contributed by atoms with Gasteiger partial charge >= 0.3 is 6.09 Å². The number of amides is 2. The normalized spacial score (nSPS) is 14.5. The Morgan fingerprint density at radius 2 is 1.64 bits per heavy atom. The molecule has 0 aliphatic carbocycles. The van der Waals surface area contributed by atoms with Gasteiger partial charge < -0.3 is 14.0 Å². The maximum Gasteiger partial charge on any atom is 0.416 e. The monoisotopic (exact) mass is 484 g/mol. The van der Waals surface area contributed by atoms with E-state index in [0.29, 0.717) is 19.4 Å². The highest BCUT2D eigenvalue weighted by molar-refractivity contribution is 5.93. The number of cyclic esters (lactones) is 1. The minimum atomic E-state index is -0.550. The fourth-order valence-electron chi connectivity index (χ4n) is 3.88. The van der Waals surface area contributed by atoms with Crippen LogP contribution in [0.15, 0.2) is 108 Å². The molecule has 0 radical (unpaired) electrons. The maximum absolute atomic E-state index is 12.8. The molecule has 36 heavy (non-hydrogen) atoms. The molecule has 5 rings (SSSR count). The molecule has 1 unspecified atom stereocenters. The number of nitrogens with zero attached hydrogens (tertiary/aromatic N) is 2. The molecule has 184 valence electrons. The quantitative estimate of drug-likeness (QED) is 0.330. The van der Waals surface area contributed by atoms with E-state index in [-0.39, 0.29) is 25.0 Å². The summed E-state index contributed by atoms with van der Waals surface area (Å²) in [4.78, 5) is 26.3. The highest BCUT2D eigenvalue weighted by Crippen LogP contribution is 2.21. The van der Waals surface area contributed by atoms with Gasteiger partial charge in [0.2, 0.25) is 5.91 Å². The van der Waals surface area contributed by atoms with Crippen LogP contribution in [0, 0.1) is 0 Å². The van der Waals surface area contributed by atoms with E-state index < -0.39 is 6.09 Å². The lowest BCUT2D eigenvalue weighted by Crippen LogP contribution is -2.40. The van der Waals surface area contributed by atoms with E-state index in [1.807, 2.05) is 84.9 Å². The van der Waals surface area contributed by atoms with Gasteiger partial charge in [0.25, 0.3) is 0 Å². The lowest BCUT2D eigenvalue weighted by Gasteiger charge is -2.19. The van der Waals surface area contributed by atoms with E-state index >= 15 is 0 Å². The van der Waals surface area contributed by atoms with Crippen LogP contribution in [0.5, 0.6) is 5.75 Å². The summed E-state index contributed by atoms with van der Waals surface area (Å²) in [6.45, 7) is 0.728. The molecule has 7 heteroatoms. The highest BCUT2D eigenvalue weighted by atomic mass is 16.6. The smallest absolute Gasteiger partial charge is 0.416 e. The Morgan fingerprint density at radius 1 is 0.917 bits per heavy atom. The number of ether oxygens (including phenoxy) is 2. The van der Waals surface area contributed by atoms with Gasteiger partial charge in [-0.25, -0.2) is 9.69 Å². The maximum atomic E-state index is 12.8. The molecule has 0 spiro atoms. The average molecular weight is 485 g/mol. The molecule has 3 aromatic carbocycles. The topological polar surface area (TPSA) is 81.9 Å². The minimum Gasteiger partial charge on any atom is -0.489 e. The van der Waals surface area contributed by atoms with Crippen molar-refractivity contribution in [3.05, 3.63) is 120 Å². The van der Waals surface area contributed by atoms with Gasteiger partial charge in [-0.15, -0.1) is 0 Å². The summed E-state index contributed by atoms with van der Waals surface area (Å²) in [5.41, 5.74) is 3.16. The molecule has 1 aromatic heterocycles. The zero-order valence-electron chi connectivity index (χ0n) is 19.9. The van der Waals surface area contributed by atoms with Crippen molar-refractivity contribution >= 4 is 12.0 Å². The number of benzene rings is 3. The van der Waals surface area contributed by atoms with Crippen molar-refractivity contribution in [3.8, 4) is 5.75 Å². The summed E-state index contributed by atoms with van der Waals surface area (Å²) in [5, 5.41) is 3.35. The molecule has 0 bridgehead atoms. The van der Waals surface area contributed by atoms with Crippen LogP contribution in [-0.4, -0.2) is 34.7 Å². The second-order valence-electron chi connectivity index (χ2n) is 8.29. The number of aromatic nitrogens is 1. The van der Waals surface area contributed by atoms with Crippen molar-refractivity contribution in [2.24, 2.45) is 0 Å². The Bertz CT molecular complexity index is 1200. The Labute approximate surface area is 210 Å². The average Bonchev–Trinajstić information content (AvgIpc) is 3.62. The molecule has 1 saturated heterocycles. The van der Waals surface area contributed by atoms with Gasteiger partial charge in [-0.1, -0.05) is 78.0 Å². The zero-order valence-corrected chi connectivity index (χ0v) is 19.9. The summed E-state index contributed by atoms with van der Waals surface area (Å²) < 4.78 is 15.4. The van der Waals surface area contributed by atoms with Gasteiger partial charge in [-0.2, -0.15) is 0 Å². The lowest BCUT2D eigenvalue weighted by atomic mass is 10.0. The molecule has 1 aliphatic heterocycles. The van der Waals surface area contributed by atoms with E-state index in [1.165, 1.54) is 11.2 Å². The first-order valence-corrected chi connectivity index (χ1v) is 11.8. The van der Waals surface area contributed by atoms with Crippen LogP contribution in [0.3, 0.4) is 0 Å². The van der Waals surface area contributed by atoms with Crippen molar-refractivity contribution in [2.45, 2.75) is 31.9 Å². The van der Waals surface area contributed by atoms with Crippen LogP contribution in [-0.2, 0) is 29.0 Å². The summed E-state index contributed by atoms with van der Waals surface area (Å²) >= 11 is 0. The Hall–Kier alpha value is -4.39. The number of carbonyl (C=O) groups excluding carboxylic acids is 2. The number of carbonyl (C=O) groups is 2. The van der Waals surface area contributed by atoms with E-state index in [9.17, 15) is 9.59 Å². The Balaban J connectivity index is 0.000000543.